The zero-order valence-electron chi connectivity index (χ0n) is 12.1. The third kappa shape index (κ3) is 6.64. The average Bonchev–Trinajstić information content (AvgIpc) is 2.42. The molecular weight excluding hydrogens is 216 g/mol. The largest absolute Gasteiger partial charge is 0.0842 e. The van der Waals surface area contributed by atoms with Crippen LogP contribution in [0, 0.1) is 0 Å². The van der Waals surface area contributed by atoms with Gasteiger partial charge in [0, 0.05) is 0 Å². The zero-order chi connectivity index (χ0) is 13.1. The summed E-state index contributed by atoms with van der Waals surface area (Å²) in [5.74, 6) is 0. The van der Waals surface area contributed by atoms with E-state index in [4.69, 9.17) is 0 Å². The van der Waals surface area contributed by atoms with Gasteiger partial charge in [-0.25, -0.2) is 0 Å². The molecule has 0 aliphatic rings. The first kappa shape index (κ1) is 15.0. The molecule has 0 aromatic heterocycles. The highest BCUT2D eigenvalue weighted by atomic mass is 14.0. The quantitative estimate of drug-likeness (QED) is 0.466. The van der Waals surface area contributed by atoms with E-state index in [0.29, 0.717) is 0 Å². The minimum absolute atomic E-state index is 1.11. The second-order valence-electron chi connectivity index (χ2n) is 5.07. The van der Waals surface area contributed by atoms with Crippen LogP contribution in [0.4, 0.5) is 0 Å². The van der Waals surface area contributed by atoms with Gasteiger partial charge in [-0.1, -0.05) is 82.4 Å². The molecule has 0 saturated heterocycles. The monoisotopic (exact) mass is 244 g/mol. The van der Waals surface area contributed by atoms with Crippen molar-refractivity contribution in [3.63, 3.8) is 0 Å². The van der Waals surface area contributed by atoms with E-state index in [1.807, 2.05) is 0 Å². The zero-order valence-corrected chi connectivity index (χ0v) is 12.1. The highest BCUT2D eigenvalue weighted by molar-refractivity contribution is 5.49. The molecule has 0 bridgehead atoms. The number of unbranched alkanes of at least 4 members (excludes halogenated alkanes) is 5. The molecule has 1 aromatic rings. The van der Waals surface area contributed by atoms with Gasteiger partial charge in [-0.15, -0.1) is 0 Å². The lowest BCUT2D eigenvalue weighted by molar-refractivity contribution is 0.607. The first-order chi connectivity index (χ1) is 8.86. The second-order valence-corrected chi connectivity index (χ2v) is 5.07. The van der Waals surface area contributed by atoms with Crippen LogP contribution >= 0.6 is 0 Å². The Morgan fingerprint density at radius 3 is 2.17 bits per heavy atom. The number of benzene rings is 1. The maximum absolute atomic E-state index is 2.28. The highest BCUT2D eigenvalue weighted by Gasteiger charge is 1.94. The van der Waals surface area contributed by atoms with Crippen LogP contribution in [0.25, 0.3) is 6.08 Å². The van der Waals surface area contributed by atoms with E-state index in [1.165, 1.54) is 56.1 Å². The van der Waals surface area contributed by atoms with Crippen LogP contribution in [0.15, 0.2) is 30.3 Å². The van der Waals surface area contributed by atoms with E-state index in [2.05, 4.69) is 50.3 Å². The van der Waals surface area contributed by atoms with Gasteiger partial charge in [0.2, 0.25) is 0 Å². The maximum Gasteiger partial charge on any atom is -0.0260 e. The Hall–Kier alpha value is -1.04. The van der Waals surface area contributed by atoms with Crippen LogP contribution in [-0.4, -0.2) is 0 Å². The molecule has 0 atom stereocenters. The van der Waals surface area contributed by atoms with Gasteiger partial charge in [0.25, 0.3) is 0 Å². The molecule has 1 aromatic carbocycles. The van der Waals surface area contributed by atoms with Gasteiger partial charge in [0.1, 0.15) is 0 Å². The van der Waals surface area contributed by atoms with Crippen LogP contribution in [0.2, 0.25) is 0 Å². The maximum atomic E-state index is 2.28. The van der Waals surface area contributed by atoms with Gasteiger partial charge in [-0.3, -0.25) is 0 Å². The van der Waals surface area contributed by atoms with Crippen molar-refractivity contribution in [2.75, 3.05) is 0 Å². The van der Waals surface area contributed by atoms with E-state index in [0.717, 1.165) is 6.42 Å². The van der Waals surface area contributed by atoms with Crippen LogP contribution in [-0.2, 0) is 6.42 Å². The van der Waals surface area contributed by atoms with Gasteiger partial charge < -0.3 is 0 Å². The van der Waals surface area contributed by atoms with Crippen molar-refractivity contribution in [2.45, 2.75) is 65.2 Å². The van der Waals surface area contributed by atoms with Crippen molar-refractivity contribution in [3.8, 4) is 0 Å². The number of rotatable bonds is 9. The topological polar surface area (TPSA) is 0 Å². The summed E-state index contributed by atoms with van der Waals surface area (Å²) >= 11 is 0. The van der Waals surface area contributed by atoms with Crippen molar-refractivity contribution < 1.29 is 0 Å². The summed E-state index contributed by atoms with van der Waals surface area (Å²) in [6.45, 7) is 4.44. The first-order valence-electron chi connectivity index (χ1n) is 7.62. The summed E-state index contributed by atoms with van der Waals surface area (Å²) in [7, 11) is 0. The van der Waals surface area contributed by atoms with E-state index in [9.17, 15) is 0 Å². The Morgan fingerprint density at radius 2 is 1.50 bits per heavy atom. The SMILES string of the molecule is CCC=Cc1ccc(CCCCCCCC)cc1. The molecule has 0 fully saturated rings. The van der Waals surface area contributed by atoms with Crippen LogP contribution in [0.5, 0.6) is 0 Å². The fourth-order valence-corrected chi connectivity index (χ4v) is 2.16. The van der Waals surface area contributed by atoms with E-state index in [-0.39, 0.29) is 0 Å². The minimum atomic E-state index is 1.11. The average molecular weight is 244 g/mol. The highest BCUT2D eigenvalue weighted by Crippen LogP contribution is 2.12. The molecule has 0 unspecified atom stereocenters. The van der Waals surface area contributed by atoms with E-state index >= 15 is 0 Å². The van der Waals surface area contributed by atoms with E-state index < -0.39 is 0 Å². The smallest absolute Gasteiger partial charge is 0.0260 e. The molecule has 1 rings (SSSR count). The number of allylic oxidation sites excluding steroid dienone is 1. The molecule has 18 heavy (non-hydrogen) atoms. The summed E-state index contributed by atoms with van der Waals surface area (Å²) in [4.78, 5) is 0. The Bertz CT molecular complexity index is 318. The third-order valence-electron chi connectivity index (χ3n) is 3.34. The summed E-state index contributed by atoms with van der Waals surface area (Å²) in [5.41, 5.74) is 2.81. The van der Waals surface area contributed by atoms with E-state index in [1.54, 1.807) is 0 Å². The second kappa shape index (κ2) is 9.94. The lowest BCUT2D eigenvalue weighted by Crippen LogP contribution is -1.86. The number of hydrogen-bond acceptors (Lipinski definition) is 0. The predicted molar refractivity (Wildman–Crippen MR) is 82.8 cm³/mol. The number of aryl methyl sites for hydroxylation is 1. The van der Waals surface area contributed by atoms with Gasteiger partial charge in [-0.2, -0.15) is 0 Å². The lowest BCUT2D eigenvalue weighted by atomic mass is 10.0. The Labute approximate surface area is 113 Å². The molecule has 0 heteroatoms. The predicted octanol–water partition coefficient (Wildman–Crippen LogP) is 6.01. The molecule has 0 saturated carbocycles. The Morgan fingerprint density at radius 1 is 0.833 bits per heavy atom. The Kier molecular flexibility index (Phi) is 8.29. The summed E-state index contributed by atoms with van der Waals surface area (Å²) in [6, 6.07) is 9.03. The van der Waals surface area contributed by atoms with Gasteiger partial charge >= 0.3 is 0 Å². The molecule has 0 radical (unpaired) electrons. The molecule has 0 N–H and O–H groups in total. The summed E-state index contributed by atoms with van der Waals surface area (Å²) in [5, 5.41) is 0. The first-order valence-corrected chi connectivity index (χ1v) is 7.62. The van der Waals surface area contributed by atoms with Crippen molar-refractivity contribution in [1.82, 2.24) is 0 Å². The molecule has 0 aliphatic carbocycles. The van der Waals surface area contributed by atoms with Crippen LogP contribution < -0.4 is 0 Å². The molecular formula is C18H28. The minimum Gasteiger partial charge on any atom is -0.0842 e. The van der Waals surface area contributed by atoms with Crippen LogP contribution in [0.3, 0.4) is 0 Å². The summed E-state index contributed by atoms with van der Waals surface area (Å²) in [6.07, 6.45) is 15.1. The fraction of sp³-hybridized carbons (Fsp3) is 0.556. The summed E-state index contributed by atoms with van der Waals surface area (Å²) < 4.78 is 0. The Balaban J connectivity index is 2.20. The normalized spacial score (nSPS) is 11.2. The van der Waals surface area contributed by atoms with Crippen molar-refractivity contribution in [3.05, 3.63) is 41.5 Å². The van der Waals surface area contributed by atoms with Gasteiger partial charge in [0.15, 0.2) is 0 Å². The van der Waals surface area contributed by atoms with Crippen molar-refractivity contribution in [2.24, 2.45) is 0 Å². The molecule has 0 nitrogen and oxygen atoms in total. The van der Waals surface area contributed by atoms with Gasteiger partial charge in [0.05, 0.1) is 0 Å². The van der Waals surface area contributed by atoms with Crippen LogP contribution in [0.1, 0.15) is 69.9 Å². The fourth-order valence-electron chi connectivity index (χ4n) is 2.16. The molecule has 0 amide bonds. The van der Waals surface area contributed by atoms with Gasteiger partial charge in [-0.05, 0) is 30.4 Å². The number of hydrogen-bond donors (Lipinski definition) is 0. The molecule has 0 aliphatic heterocycles. The third-order valence-corrected chi connectivity index (χ3v) is 3.34. The lowest BCUT2D eigenvalue weighted by Gasteiger charge is -2.02. The molecule has 0 spiro atoms. The van der Waals surface area contributed by atoms with Crippen molar-refractivity contribution in [1.29, 1.82) is 0 Å². The molecule has 100 valence electrons. The standard InChI is InChI=1S/C18H28/c1-3-5-7-8-9-10-12-18-15-13-17(14-16-18)11-6-4-2/h6,11,13-16H,3-5,7-10,12H2,1-2H3. The van der Waals surface area contributed by atoms with Crippen molar-refractivity contribution >= 4 is 6.08 Å². The molecule has 0 heterocycles.